The number of hydrogen-bond donors (Lipinski definition) is 1. The number of Topliss-reactive ketones (excluding diaryl/α,β-unsaturated/α-hetero) is 1. The van der Waals surface area contributed by atoms with Crippen molar-refractivity contribution in [3.8, 4) is 0 Å². The lowest BCUT2D eigenvalue weighted by molar-refractivity contribution is -0.136. The lowest BCUT2D eigenvalue weighted by Gasteiger charge is -2.12. The van der Waals surface area contributed by atoms with Gasteiger partial charge < -0.3 is 5.73 Å². The number of rotatable bonds is 1. The van der Waals surface area contributed by atoms with E-state index in [0.717, 1.165) is 12.1 Å². The molecule has 82 valence electrons. The second kappa shape index (κ2) is 3.99. The van der Waals surface area contributed by atoms with Gasteiger partial charge in [0.15, 0.2) is 5.78 Å². The monoisotopic (exact) mass is 329 g/mol. The molecule has 1 aromatic carbocycles. The molecular weight excluding hydrogens is 322 g/mol. The van der Waals surface area contributed by atoms with Gasteiger partial charge in [-0.1, -0.05) is 0 Å². The fourth-order valence-corrected chi connectivity index (χ4v) is 1.96. The minimum absolute atomic E-state index is 0.148. The van der Waals surface area contributed by atoms with Crippen molar-refractivity contribution in [3.63, 3.8) is 0 Å². The van der Waals surface area contributed by atoms with Gasteiger partial charge in [-0.15, -0.1) is 0 Å². The predicted molar refractivity (Wildman–Crippen MR) is 58.6 cm³/mol. The first-order valence-corrected chi connectivity index (χ1v) is 4.99. The highest BCUT2D eigenvalue weighted by Gasteiger charge is 2.34. The topological polar surface area (TPSA) is 43.1 Å². The van der Waals surface area contributed by atoms with Gasteiger partial charge in [0, 0.05) is 9.13 Å². The van der Waals surface area contributed by atoms with E-state index in [0.29, 0.717) is 0 Å². The molecule has 0 atom stereocenters. The molecule has 1 aromatic rings. The van der Waals surface area contributed by atoms with Gasteiger partial charge >= 0.3 is 6.18 Å². The second-order valence-electron chi connectivity index (χ2n) is 2.94. The number of carbonyl (C=O) groups excluding carboxylic acids is 1. The molecule has 0 spiro atoms. The van der Waals surface area contributed by atoms with Gasteiger partial charge in [0.05, 0.1) is 11.3 Å². The van der Waals surface area contributed by atoms with E-state index >= 15 is 0 Å². The maximum Gasteiger partial charge on any atom is 0.418 e. The number of carbonyl (C=O) groups is 1. The minimum atomic E-state index is -4.49. The van der Waals surface area contributed by atoms with Crippen molar-refractivity contribution in [3.05, 3.63) is 26.8 Å². The summed E-state index contributed by atoms with van der Waals surface area (Å²) in [5.74, 6) is -0.306. The van der Waals surface area contributed by atoms with Crippen molar-refractivity contribution in [2.45, 2.75) is 13.1 Å². The summed E-state index contributed by atoms with van der Waals surface area (Å²) in [6.07, 6.45) is -4.49. The Balaban J connectivity index is 3.41. The number of anilines is 1. The molecule has 0 aliphatic carbocycles. The summed E-state index contributed by atoms with van der Waals surface area (Å²) in [7, 11) is 0. The molecule has 0 aromatic heterocycles. The Morgan fingerprint density at radius 1 is 1.40 bits per heavy atom. The molecule has 2 N–H and O–H groups in total. The first-order chi connectivity index (χ1) is 6.75. The number of benzene rings is 1. The van der Waals surface area contributed by atoms with Crippen LogP contribution in [0.25, 0.3) is 0 Å². The first-order valence-electron chi connectivity index (χ1n) is 3.91. The quantitative estimate of drug-likeness (QED) is 0.489. The molecule has 1 rings (SSSR count). The smallest absolute Gasteiger partial charge is 0.397 e. The largest absolute Gasteiger partial charge is 0.418 e. The van der Waals surface area contributed by atoms with Crippen molar-refractivity contribution in [2.75, 3.05) is 5.73 Å². The van der Waals surface area contributed by atoms with E-state index in [1.54, 1.807) is 22.6 Å². The van der Waals surface area contributed by atoms with Gasteiger partial charge in [0.25, 0.3) is 0 Å². The zero-order valence-electron chi connectivity index (χ0n) is 7.65. The zero-order chi connectivity index (χ0) is 11.8. The van der Waals surface area contributed by atoms with Crippen LogP contribution in [-0.2, 0) is 6.18 Å². The third kappa shape index (κ3) is 2.42. The third-order valence-corrected chi connectivity index (χ3v) is 3.03. The van der Waals surface area contributed by atoms with Crippen molar-refractivity contribution in [2.24, 2.45) is 0 Å². The summed E-state index contributed by atoms with van der Waals surface area (Å²) in [4.78, 5) is 11.0. The summed E-state index contributed by atoms with van der Waals surface area (Å²) < 4.78 is 37.3. The van der Waals surface area contributed by atoms with Crippen molar-refractivity contribution in [1.29, 1.82) is 0 Å². The minimum Gasteiger partial charge on any atom is -0.397 e. The van der Waals surface area contributed by atoms with Crippen LogP contribution in [0.15, 0.2) is 12.1 Å². The molecule has 6 heteroatoms. The highest BCUT2D eigenvalue weighted by molar-refractivity contribution is 14.1. The summed E-state index contributed by atoms with van der Waals surface area (Å²) >= 11 is 1.64. The molecule has 0 bridgehead atoms. The highest BCUT2D eigenvalue weighted by Crippen LogP contribution is 2.36. The van der Waals surface area contributed by atoms with Crippen molar-refractivity contribution < 1.29 is 18.0 Å². The SMILES string of the molecule is CC(=O)c1ccc(C(F)(F)F)c(N)c1I. The number of alkyl halides is 3. The van der Waals surface area contributed by atoms with E-state index in [1.807, 2.05) is 0 Å². The Labute approximate surface area is 97.8 Å². The summed E-state index contributed by atoms with van der Waals surface area (Å²) in [5.41, 5.74) is 4.24. The molecular formula is C9H7F3INO. The Kier molecular flexibility index (Phi) is 3.27. The number of nitrogens with two attached hydrogens (primary N) is 1. The van der Waals surface area contributed by atoms with Crippen LogP contribution in [-0.4, -0.2) is 5.78 Å². The van der Waals surface area contributed by atoms with Gasteiger partial charge in [-0.2, -0.15) is 13.2 Å². The number of halogens is 4. The number of hydrogen-bond acceptors (Lipinski definition) is 2. The van der Waals surface area contributed by atoms with Gasteiger partial charge in [-0.05, 0) is 41.6 Å². The molecule has 2 nitrogen and oxygen atoms in total. The molecule has 0 aliphatic rings. The van der Waals surface area contributed by atoms with Crippen LogP contribution in [0.3, 0.4) is 0 Å². The van der Waals surface area contributed by atoms with Gasteiger partial charge in [0.1, 0.15) is 0 Å². The van der Waals surface area contributed by atoms with E-state index in [1.165, 1.54) is 6.92 Å². The van der Waals surface area contributed by atoms with Crippen LogP contribution >= 0.6 is 22.6 Å². The molecule has 15 heavy (non-hydrogen) atoms. The first kappa shape index (κ1) is 12.3. The zero-order valence-corrected chi connectivity index (χ0v) is 9.81. The molecule has 0 saturated heterocycles. The van der Waals surface area contributed by atoms with Gasteiger partial charge in [-0.3, -0.25) is 4.79 Å². The Hall–Kier alpha value is -0.790. The van der Waals surface area contributed by atoms with Crippen LogP contribution < -0.4 is 5.73 Å². The highest BCUT2D eigenvalue weighted by atomic mass is 127. The van der Waals surface area contributed by atoms with Crippen molar-refractivity contribution in [1.82, 2.24) is 0 Å². The lowest BCUT2D eigenvalue weighted by Crippen LogP contribution is -2.12. The average Bonchev–Trinajstić information content (AvgIpc) is 2.06. The van der Waals surface area contributed by atoms with Crippen LogP contribution in [0.4, 0.5) is 18.9 Å². The summed E-state index contributed by atoms with van der Waals surface area (Å²) in [6.45, 7) is 1.28. The Morgan fingerprint density at radius 3 is 2.33 bits per heavy atom. The molecule has 0 amide bonds. The Morgan fingerprint density at radius 2 is 1.93 bits per heavy atom. The van der Waals surface area contributed by atoms with Gasteiger partial charge in [-0.25, -0.2) is 0 Å². The lowest BCUT2D eigenvalue weighted by atomic mass is 10.1. The van der Waals surface area contributed by atoms with Crippen LogP contribution in [0.1, 0.15) is 22.8 Å². The third-order valence-electron chi connectivity index (χ3n) is 1.86. The molecule has 0 unspecified atom stereocenters. The van der Waals surface area contributed by atoms with Crippen LogP contribution in [0.5, 0.6) is 0 Å². The summed E-state index contributed by atoms with van der Waals surface area (Å²) in [6, 6.07) is 1.97. The van der Waals surface area contributed by atoms with E-state index < -0.39 is 17.4 Å². The molecule has 0 radical (unpaired) electrons. The number of ketones is 1. The second-order valence-corrected chi connectivity index (χ2v) is 4.02. The average molecular weight is 329 g/mol. The number of nitrogen functional groups attached to an aromatic ring is 1. The molecule has 0 heterocycles. The van der Waals surface area contributed by atoms with Gasteiger partial charge in [0.2, 0.25) is 0 Å². The maximum atomic E-state index is 12.4. The van der Waals surface area contributed by atoms with E-state index in [2.05, 4.69) is 0 Å². The predicted octanol–water partition coefficient (Wildman–Crippen LogP) is 3.09. The standard InChI is InChI=1S/C9H7F3INO/c1-4(15)5-2-3-6(9(10,11)12)8(14)7(5)13/h2-3H,14H2,1H3. The molecule has 0 fully saturated rings. The fraction of sp³-hybridized carbons (Fsp3) is 0.222. The summed E-state index contributed by atoms with van der Waals surface area (Å²) in [5, 5.41) is 0. The molecule has 0 aliphatic heterocycles. The van der Waals surface area contributed by atoms with E-state index in [4.69, 9.17) is 5.73 Å². The van der Waals surface area contributed by atoms with E-state index in [9.17, 15) is 18.0 Å². The maximum absolute atomic E-state index is 12.4. The fourth-order valence-electron chi connectivity index (χ4n) is 1.11. The molecule has 0 saturated carbocycles. The van der Waals surface area contributed by atoms with Crippen LogP contribution in [0.2, 0.25) is 0 Å². The Bertz CT molecular complexity index is 415. The van der Waals surface area contributed by atoms with Crippen LogP contribution in [0, 0.1) is 3.57 Å². The van der Waals surface area contributed by atoms with Crippen molar-refractivity contribution >= 4 is 34.1 Å². The van der Waals surface area contributed by atoms with E-state index in [-0.39, 0.29) is 14.9 Å². The normalized spacial score (nSPS) is 11.5.